The Bertz CT molecular complexity index is 1120. The summed E-state index contributed by atoms with van der Waals surface area (Å²) in [6, 6.07) is 10.7. The maximum absolute atomic E-state index is 13.3. The molecule has 0 aliphatic carbocycles. The van der Waals surface area contributed by atoms with Crippen LogP contribution in [-0.4, -0.2) is 59.7 Å². The van der Waals surface area contributed by atoms with Gasteiger partial charge < -0.3 is 14.8 Å². The first-order valence-electron chi connectivity index (χ1n) is 10.9. The van der Waals surface area contributed by atoms with Gasteiger partial charge in [0.05, 0.1) is 19.8 Å². The zero-order chi connectivity index (χ0) is 25.7. The van der Waals surface area contributed by atoms with Crippen molar-refractivity contribution in [1.29, 1.82) is 0 Å². The Morgan fingerprint density at radius 1 is 1.14 bits per heavy atom. The first-order valence-corrected chi connectivity index (χ1v) is 11.2. The van der Waals surface area contributed by atoms with Crippen molar-refractivity contribution >= 4 is 41.1 Å². The number of nitrogens with one attached hydrogen (secondary N) is 2. The standard InChI is InChI=1S/C24H27ClN4O6/c1-14(2)35-20-10-9-18(11-15(20)3)26-22-27-23(32)29(13-19(30)21(31)34-4)24(33)28(22)12-16-5-7-17(25)8-6-16/h5-11,14,22,26H,12-13H2,1-4H3,(H,27,32). The van der Waals surface area contributed by atoms with Crippen LogP contribution in [0.4, 0.5) is 15.3 Å². The quantitative estimate of drug-likeness (QED) is 0.398. The number of nitrogens with zero attached hydrogens (tertiary/aromatic N) is 2. The Morgan fingerprint density at radius 2 is 1.83 bits per heavy atom. The summed E-state index contributed by atoms with van der Waals surface area (Å²) in [5.74, 6) is -1.45. The second-order valence-electron chi connectivity index (χ2n) is 8.18. The molecule has 1 atom stereocenters. The number of ketones is 1. The van der Waals surface area contributed by atoms with Crippen LogP contribution in [-0.2, 0) is 20.9 Å². The molecule has 3 rings (SSSR count). The Kier molecular flexibility index (Phi) is 8.18. The van der Waals surface area contributed by atoms with Crippen LogP contribution in [0.5, 0.6) is 5.75 Å². The monoisotopic (exact) mass is 502 g/mol. The molecular weight excluding hydrogens is 476 g/mol. The van der Waals surface area contributed by atoms with E-state index in [2.05, 4.69) is 15.4 Å². The second kappa shape index (κ2) is 11.1. The number of imide groups is 1. The van der Waals surface area contributed by atoms with Gasteiger partial charge in [-0.05, 0) is 62.2 Å². The fourth-order valence-electron chi connectivity index (χ4n) is 3.43. The van der Waals surface area contributed by atoms with Crippen molar-refractivity contribution in [2.75, 3.05) is 19.0 Å². The minimum Gasteiger partial charge on any atom is -0.491 e. The highest BCUT2D eigenvalue weighted by Crippen LogP contribution is 2.25. The lowest BCUT2D eigenvalue weighted by Crippen LogP contribution is -2.67. The predicted molar refractivity (Wildman–Crippen MR) is 129 cm³/mol. The minimum atomic E-state index is -1.14. The molecule has 0 aromatic heterocycles. The number of aryl methyl sites for hydroxylation is 1. The number of hydrogen-bond acceptors (Lipinski definition) is 7. The van der Waals surface area contributed by atoms with E-state index in [0.717, 1.165) is 24.0 Å². The van der Waals surface area contributed by atoms with Gasteiger partial charge in [0.15, 0.2) is 6.29 Å². The molecule has 1 saturated heterocycles. The van der Waals surface area contributed by atoms with Crippen LogP contribution in [0.1, 0.15) is 25.0 Å². The van der Waals surface area contributed by atoms with Crippen LogP contribution in [0.2, 0.25) is 5.02 Å². The summed E-state index contributed by atoms with van der Waals surface area (Å²) in [5.41, 5.74) is 2.24. The van der Waals surface area contributed by atoms with Crippen molar-refractivity contribution in [2.24, 2.45) is 0 Å². The Balaban J connectivity index is 1.87. The molecule has 0 bridgehead atoms. The lowest BCUT2D eigenvalue weighted by Gasteiger charge is -2.41. The molecule has 2 N–H and O–H groups in total. The van der Waals surface area contributed by atoms with Gasteiger partial charge in [-0.25, -0.2) is 19.3 Å². The van der Waals surface area contributed by atoms with E-state index in [1.165, 1.54) is 4.90 Å². The first kappa shape index (κ1) is 25.8. The van der Waals surface area contributed by atoms with Crippen molar-refractivity contribution in [3.63, 3.8) is 0 Å². The molecule has 1 heterocycles. The van der Waals surface area contributed by atoms with Crippen molar-refractivity contribution in [3.05, 3.63) is 58.6 Å². The van der Waals surface area contributed by atoms with Gasteiger partial charge in [-0.15, -0.1) is 0 Å². The number of hydrogen-bond donors (Lipinski definition) is 2. The summed E-state index contributed by atoms with van der Waals surface area (Å²) in [6.45, 7) is 5.09. The summed E-state index contributed by atoms with van der Waals surface area (Å²) in [7, 11) is 1.05. The SMILES string of the molecule is COC(=O)C(=O)CN1C(=O)NC(Nc2ccc(OC(C)C)c(C)c2)N(Cc2ccc(Cl)cc2)C1=O. The smallest absolute Gasteiger partial charge is 0.376 e. The number of urea groups is 2. The average Bonchev–Trinajstić information content (AvgIpc) is 2.81. The third-order valence-corrected chi connectivity index (χ3v) is 5.37. The van der Waals surface area contributed by atoms with Gasteiger partial charge in [0, 0.05) is 10.7 Å². The van der Waals surface area contributed by atoms with E-state index in [0.29, 0.717) is 15.6 Å². The summed E-state index contributed by atoms with van der Waals surface area (Å²) in [4.78, 5) is 51.6. The van der Waals surface area contributed by atoms with Gasteiger partial charge in [0.25, 0.3) is 5.78 Å². The van der Waals surface area contributed by atoms with Crippen molar-refractivity contribution in [2.45, 2.75) is 39.7 Å². The van der Waals surface area contributed by atoms with E-state index in [4.69, 9.17) is 16.3 Å². The van der Waals surface area contributed by atoms with Gasteiger partial charge in [0.2, 0.25) is 0 Å². The van der Waals surface area contributed by atoms with E-state index in [1.807, 2.05) is 26.8 Å². The second-order valence-corrected chi connectivity index (χ2v) is 8.62. The van der Waals surface area contributed by atoms with Crippen molar-refractivity contribution in [1.82, 2.24) is 15.1 Å². The maximum Gasteiger partial charge on any atom is 0.376 e. The van der Waals surface area contributed by atoms with E-state index in [1.54, 1.807) is 36.4 Å². The molecule has 1 fully saturated rings. The Labute approximate surface area is 208 Å². The molecule has 2 aromatic carbocycles. The summed E-state index contributed by atoms with van der Waals surface area (Å²) >= 11 is 5.97. The fourth-order valence-corrected chi connectivity index (χ4v) is 3.56. The molecule has 1 aliphatic rings. The number of halogens is 1. The zero-order valence-corrected chi connectivity index (χ0v) is 20.6. The maximum atomic E-state index is 13.3. The molecular formula is C24H27ClN4O6. The molecule has 0 saturated carbocycles. The largest absolute Gasteiger partial charge is 0.491 e. The number of carbonyl (C=O) groups is 4. The normalized spacial score (nSPS) is 15.7. The highest BCUT2D eigenvalue weighted by Gasteiger charge is 2.40. The van der Waals surface area contributed by atoms with Gasteiger partial charge >= 0.3 is 18.0 Å². The lowest BCUT2D eigenvalue weighted by atomic mass is 10.2. The van der Waals surface area contributed by atoms with Crippen LogP contribution in [0.3, 0.4) is 0 Å². The molecule has 1 aliphatic heterocycles. The summed E-state index contributed by atoms with van der Waals surface area (Å²) in [6.07, 6.45) is -0.928. The van der Waals surface area contributed by atoms with E-state index < -0.39 is 36.6 Å². The number of carbonyl (C=O) groups excluding carboxylic acids is 4. The number of rotatable bonds is 9. The molecule has 2 aromatic rings. The lowest BCUT2D eigenvalue weighted by molar-refractivity contribution is -0.151. The zero-order valence-electron chi connectivity index (χ0n) is 19.8. The van der Waals surface area contributed by atoms with Crippen molar-refractivity contribution < 1.29 is 28.7 Å². The van der Waals surface area contributed by atoms with Gasteiger partial charge in [0.1, 0.15) is 12.3 Å². The van der Waals surface area contributed by atoms with Gasteiger partial charge in [-0.3, -0.25) is 15.0 Å². The predicted octanol–water partition coefficient (Wildman–Crippen LogP) is 3.52. The van der Waals surface area contributed by atoms with E-state index in [-0.39, 0.29) is 12.6 Å². The van der Waals surface area contributed by atoms with Crippen LogP contribution in [0.25, 0.3) is 0 Å². The molecule has 35 heavy (non-hydrogen) atoms. The number of methoxy groups -OCH3 is 1. The molecule has 4 amide bonds. The number of Topliss-reactive ketones (excluding diaryl/α,β-unsaturated/α-hetero) is 1. The summed E-state index contributed by atoms with van der Waals surface area (Å²) in [5, 5.41) is 6.35. The van der Waals surface area contributed by atoms with Crippen LogP contribution in [0.15, 0.2) is 42.5 Å². The van der Waals surface area contributed by atoms with Crippen molar-refractivity contribution in [3.8, 4) is 5.75 Å². The van der Waals surface area contributed by atoms with Crippen LogP contribution >= 0.6 is 11.6 Å². The van der Waals surface area contributed by atoms with Crippen LogP contribution in [0, 0.1) is 6.92 Å². The topological polar surface area (TPSA) is 117 Å². The average molecular weight is 503 g/mol. The highest BCUT2D eigenvalue weighted by molar-refractivity contribution is 6.35. The Morgan fingerprint density at radius 3 is 2.43 bits per heavy atom. The first-order chi connectivity index (χ1) is 16.6. The number of ether oxygens (including phenoxy) is 2. The molecule has 186 valence electrons. The third-order valence-electron chi connectivity index (χ3n) is 5.12. The molecule has 0 spiro atoms. The van der Waals surface area contributed by atoms with Gasteiger partial charge in [-0.2, -0.15) is 0 Å². The number of esters is 1. The minimum absolute atomic E-state index is 0.0105. The number of amides is 4. The van der Waals surface area contributed by atoms with Gasteiger partial charge in [-0.1, -0.05) is 23.7 Å². The number of benzene rings is 2. The van der Waals surface area contributed by atoms with E-state index >= 15 is 0 Å². The highest BCUT2D eigenvalue weighted by atomic mass is 35.5. The Hall–Kier alpha value is -3.79. The summed E-state index contributed by atoms with van der Waals surface area (Å²) < 4.78 is 10.2. The molecule has 10 nitrogen and oxygen atoms in total. The number of anilines is 1. The molecule has 0 radical (unpaired) electrons. The fraction of sp³-hybridized carbons (Fsp3) is 0.333. The van der Waals surface area contributed by atoms with Crippen LogP contribution < -0.4 is 15.4 Å². The molecule has 1 unspecified atom stereocenters. The third kappa shape index (κ3) is 6.42. The van der Waals surface area contributed by atoms with E-state index in [9.17, 15) is 19.2 Å². The molecule has 11 heteroatoms.